The number of aromatic nitrogens is 2. The summed E-state index contributed by atoms with van der Waals surface area (Å²) >= 11 is 0. The fourth-order valence-electron chi connectivity index (χ4n) is 1.69. The van der Waals surface area contributed by atoms with Gasteiger partial charge in [-0.1, -0.05) is 29.8 Å². The van der Waals surface area contributed by atoms with E-state index in [1.165, 1.54) is 5.56 Å². The molecule has 0 saturated carbocycles. The molecule has 5 heteroatoms. The first-order valence-electron chi connectivity index (χ1n) is 5.65. The van der Waals surface area contributed by atoms with E-state index in [-0.39, 0.29) is 6.42 Å². The van der Waals surface area contributed by atoms with Gasteiger partial charge in [-0.25, -0.2) is 4.98 Å². The van der Waals surface area contributed by atoms with E-state index in [0.29, 0.717) is 5.82 Å². The fraction of sp³-hybridized carbons (Fsp3) is 0.231. The van der Waals surface area contributed by atoms with Gasteiger partial charge in [0.2, 0.25) is 0 Å². The van der Waals surface area contributed by atoms with Crippen LogP contribution < -0.4 is 5.73 Å². The van der Waals surface area contributed by atoms with Crippen molar-refractivity contribution in [2.24, 2.45) is 5.73 Å². The molecule has 0 spiro atoms. The molecule has 1 unspecified atom stereocenters. The van der Waals surface area contributed by atoms with Crippen molar-refractivity contribution >= 4 is 5.97 Å². The van der Waals surface area contributed by atoms with Crippen LogP contribution >= 0.6 is 0 Å². The zero-order valence-electron chi connectivity index (χ0n) is 10.1. The summed E-state index contributed by atoms with van der Waals surface area (Å²) in [6.07, 6.45) is 1.53. The quantitative estimate of drug-likeness (QED) is 0.766. The van der Waals surface area contributed by atoms with E-state index in [1.54, 1.807) is 6.20 Å². The number of benzene rings is 1. The number of nitrogens with one attached hydrogen (secondary N) is 1. The molecule has 0 fully saturated rings. The number of nitrogens with zero attached hydrogens (tertiary/aromatic N) is 1. The first kappa shape index (κ1) is 12.3. The number of hydrogen-bond donors (Lipinski definition) is 3. The summed E-state index contributed by atoms with van der Waals surface area (Å²) in [6.45, 7) is 2.02. The van der Waals surface area contributed by atoms with E-state index in [0.717, 1.165) is 11.3 Å². The summed E-state index contributed by atoms with van der Waals surface area (Å²) < 4.78 is 0. The molecule has 1 aromatic heterocycles. The number of carboxylic acid groups (broad SMARTS) is 1. The van der Waals surface area contributed by atoms with E-state index in [4.69, 9.17) is 10.8 Å². The maximum Gasteiger partial charge on any atom is 0.305 e. The Kier molecular flexibility index (Phi) is 3.43. The van der Waals surface area contributed by atoms with Crippen molar-refractivity contribution < 1.29 is 9.90 Å². The number of aliphatic carboxylic acids is 1. The molecule has 0 aliphatic rings. The van der Waals surface area contributed by atoms with Crippen molar-refractivity contribution in [3.63, 3.8) is 0 Å². The number of H-pyrrole nitrogens is 1. The predicted octanol–water partition coefficient (Wildman–Crippen LogP) is 1.86. The van der Waals surface area contributed by atoms with E-state index in [9.17, 15) is 4.79 Å². The molecule has 5 nitrogen and oxygen atoms in total. The van der Waals surface area contributed by atoms with Gasteiger partial charge in [-0.05, 0) is 12.5 Å². The van der Waals surface area contributed by atoms with Crippen molar-refractivity contribution in [2.75, 3.05) is 0 Å². The SMILES string of the molecule is Cc1ccc(-c2cnc(C(N)CC(=O)O)[nH]2)cc1. The number of hydrogen-bond acceptors (Lipinski definition) is 3. The summed E-state index contributed by atoms with van der Waals surface area (Å²) in [4.78, 5) is 17.8. The van der Waals surface area contributed by atoms with Crippen LogP contribution in [0, 0.1) is 6.92 Å². The molecule has 2 aromatic rings. The normalized spacial score (nSPS) is 12.3. The molecule has 18 heavy (non-hydrogen) atoms. The highest BCUT2D eigenvalue weighted by Gasteiger charge is 2.14. The average molecular weight is 245 g/mol. The van der Waals surface area contributed by atoms with Crippen molar-refractivity contribution in [1.29, 1.82) is 0 Å². The zero-order chi connectivity index (χ0) is 13.1. The lowest BCUT2D eigenvalue weighted by atomic mass is 10.1. The van der Waals surface area contributed by atoms with Crippen LogP contribution in [0.3, 0.4) is 0 Å². The Hall–Kier alpha value is -2.14. The van der Waals surface area contributed by atoms with Gasteiger partial charge in [0.05, 0.1) is 24.4 Å². The summed E-state index contributed by atoms with van der Waals surface area (Å²) in [5.41, 5.74) is 8.76. The van der Waals surface area contributed by atoms with Gasteiger partial charge in [-0.15, -0.1) is 0 Å². The molecule has 4 N–H and O–H groups in total. The molecule has 0 aliphatic heterocycles. The molecule has 0 saturated heterocycles. The Balaban J connectivity index is 2.19. The fourth-order valence-corrected chi connectivity index (χ4v) is 1.69. The maximum atomic E-state index is 10.6. The highest BCUT2D eigenvalue weighted by Crippen LogP contribution is 2.20. The van der Waals surface area contributed by atoms with Gasteiger partial charge in [0.15, 0.2) is 0 Å². The minimum absolute atomic E-state index is 0.138. The number of imidazole rings is 1. The largest absolute Gasteiger partial charge is 0.481 e. The van der Waals surface area contributed by atoms with Crippen LogP contribution in [0.1, 0.15) is 23.9 Å². The smallest absolute Gasteiger partial charge is 0.305 e. The maximum absolute atomic E-state index is 10.6. The number of aryl methyl sites for hydroxylation is 1. The van der Waals surface area contributed by atoms with Gasteiger partial charge in [-0.3, -0.25) is 4.79 Å². The molecule has 1 heterocycles. The predicted molar refractivity (Wildman–Crippen MR) is 67.9 cm³/mol. The Morgan fingerprint density at radius 3 is 2.72 bits per heavy atom. The first-order valence-corrected chi connectivity index (χ1v) is 5.65. The molecular formula is C13H15N3O2. The lowest BCUT2D eigenvalue weighted by Crippen LogP contribution is -2.16. The Morgan fingerprint density at radius 1 is 1.44 bits per heavy atom. The van der Waals surface area contributed by atoms with Crippen molar-refractivity contribution in [2.45, 2.75) is 19.4 Å². The van der Waals surface area contributed by atoms with Gasteiger partial charge < -0.3 is 15.8 Å². The minimum Gasteiger partial charge on any atom is -0.481 e. The van der Waals surface area contributed by atoms with Crippen molar-refractivity contribution in [3.05, 3.63) is 41.9 Å². The van der Waals surface area contributed by atoms with Crippen LogP contribution in [0.2, 0.25) is 0 Å². The second-order valence-electron chi connectivity index (χ2n) is 4.25. The summed E-state index contributed by atoms with van der Waals surface area (Å²) in [5, 5.41) is 8.68. The van der Waals surface area contributed by atoms with Gasteiger partial charge in [0.1, 0.15) is 5.82 Å². The standard InChI is InChI=1S/C13H15N3O2/c1-8-2-4-9(5-3-8)11-7-15-13(16-11)10(14)6-12(17)18/h2-5,7,10H,6,14H2,1H3,(H,15,16)(H,17,18). The van der Waals surface area contributed by atoms with Crippen LogP contribution in [-0.4, -0.2) is 21.0 Å². The summed E-state index contributed by atoms with van der Waals surface area (Å²) in [5.74, 6) is -0.441. The number of aromatic amines is 1. The van der Waals surface area contributed by atoms with Gasteiger partial charge in [-0.2, -0.15) is 0 Å². The molecule has 94 valence electrons. The Labute approximate surface area is 105 Å². The Morgan fingerprint density at radius 2 is 2.11 bits per heavy atom. The van der Waals surface area contributed by atoms with Crippen molar-refractivity contribution in [1.82, 2.24) is 9.97 Å². The molecular weight excluding hydrogens is 230 g/mol. The zero-order valence-corrected chi connectivity index (χ0v) is 10.1. The van der Waals surface area contributed by atoms with Gasteiger partial charge in [0, 0.05) is 0 Å². The third kappa shape index (κ3) is 2.75. The molecule has 0 amide bonds. The highest BCUT2D eigenvalue weighted by atomic mass is 16.4. The minimum atomic E-state index is -0.934. The van der Waals surface area contributed by atoms with Crippen LogP contribution in [0.15, 0.2) is 30.5 Å². The average Bonchev–Trinajstić information content (AvgIpc) is 2.78. The molecule has 0 bridgehead atoms. The van der Waals surface area contributed by atoms with Gasteiger partial charge in [0.25, 0.3) is 0 Å². The number of rotatable bonds is 4. The monoisotopic (exact) mass is 245 g/mol. The second kappa shape index (κ2) is 5.01. The Bertz CT molecular complexity index is 546. The van der Waals surface area contributed by atoms with Gasteiger partial charge >= 0.3 is 5.97 Å². The number of nitrogens with two attached hydrogens (primary N) is 1. The highest BCUT2D eigenvalue weighted by molar-refractivity contribution is 5.67. The van der Waals surface area contributed by atoms with Crippen LogP contribution in [-0.2, 0) is 4.79 Å². The van der Waals surface area contributed by atoms with Crippen LogP contribution in [0.25, 0.3) is 11.3 Å². The lowest BCUT2D eigenvalue weighted by Gasteiger charge is -2.04. The number of carboxylic acids is 1. The first-order chi connectivity index (χ1) is 8.56. The van der Waals surface area contributed by atoms with E-state index in [2.05, 4.69) is 9.97 Å². The molecule has 0 aliphatic carbocycles. The summed E-state index contributed by atoms with van der Waals surface area (Å²) in [6, 6.07) is 7.37. The lowest BCUT2D eigenvalue weighted by molar-refractivity contribution is -0.137. The second-order valence-corrected chi connectivity index (χ2v) is 4.25. The van der Waals surface area contributed by atoms with E-state index in [1.807, 2.05) is 31.2 Å². The number of carbonyl (C=O) groups is 1. The third-order valence-electron chi connectivity index (χ3n) is 2.70. The van der Waals surface area contributed by atoms with Crippen LogP contribution in [0.4, 0.5) is 0 Å². The van der Waals surface area contributed by atoms with Crippen LogP contribution in [0.5, 0.6) is 0 Å². The van der Waals surface area contributed by atoms with E-state index >= 15 is 0 Å². The summed E-state index contributed by atoms with van der Waals surface area (Å²) in [7, 11) is 0. The third-order valence-corrected chi connectivity index (χ3v) is 2.70. The molecule has 1 aromatic carbocycles. The molecule has 2 rings (SSSR count). The van der Waals surface area contributed by atoms with Crippen molar-refractivity contribution in [3.8, 4) is 11.3 Å². The topological polar surface area (TPSA) is 92.0 Å². The van der Waals surface area contributed by atoms with E-state index < -0.39 is 12.0 Å². The molecule has 0 radical (unpaired) electrons. The molecule has 1 atom stereocenters.